The van der Waals surface area contributed by atoms with E-state index in [9.17, 15) is 4.79 Å². The molecule has 2 aliphatic rings. The average Bonchev–Trinajstić information content (AvgIpc) is 3.22. The molecule has 0 aliphatic heterocycles. The number of pyridine rings is 1. The molecule has 0 radical (unpaired) electrons. The number of hydrogen-bond donors (Lipinski definition) is 3. The summed E-state index contributed by atoms with van der Waals surface area (Å²) in [6.45, 7) is 2.16. The van der Waals surface area contributed by atoms with Crippen LogP contribution in [0.4, 0.5) is 22.2 Å². The molecule has 11 heteroatoms. The summed E-state index contributed by atoms with van der Waals surface area (Å²) in [6.07, 6.45) is 12.7. The highest BCUT2D eigenvalue weighted by Gasteiger charge is 2.36. The summed E-state index contributed by atoms with van der Waals surface area (Å²) in [5.41, 5.74) is 11.0. The third-order valence-electron chi connectivity index (χ3n) is 7.47. The van der Waals surface area contributed by atoms with Crippen molar-refractivity contribution in [1.29, 1.82) is 0 Å². The molecule has 2 fully saturated rings. The van der Waals surface area contributed by atoms with E-state index in [1.54, 1.807) is 12.3 Å². The third kappa shape index (κ3) is 3.23. The van der Waals surface area contributed by atoms with Crippen LogP contribution in [-0.2, 0) is 5.41 Å². The third-order valence-corrected chi connectivity index (χ3v) is 7.47. The Labute approximate surface area is 205 Å². The highest BCUT2D eigenvalue weighted by molar-refractivity contribution is 6.03. The van der Waals surface area contributed by atoms with Crippen LogP contribution in [0.3, 0.4) is 0 Å². The van der Waals surface area contributed by atoms with Gasteiger partial charge >= 0.3 is 6.03 Å². The Kier molecular flexibility index (Phi) is 4.38. The maximum atomic E-state index is 12.8. The van der Waals surface area contributed by atoms with E-state index in [1.165, 1.54) is 12.7 Å². The van der Waals surface area contributed by atoms with Gasteiger partial charge in [-0.1, -0.05) is 18.5 Å². The molecule has 5 heterocycles. The topological polar surface area (TPSA) is 141 Å². The number of aromatic nitrogens is 6. The van der Waals surface area contributed by atoms with Gasteiger partial charge < -0.3 is 20.1 Å². The quantitative estimate of drug-likeness (QED) is 0.328. The number of amides is 2. The van der Waals surface area contributed by atoms with Crippen LogP contribution in [0.15, 0.2) is 47.6 Å². The van der Waals surface area contributed by atoms with Crippen molar-refractivity contribution in [1.82, 2.24) is 29.1 Å². The summed E-state index contributed by atoms with van der Waals surface area (Å²) < 4.78 is 9.46. The van der Waals surface area contributed by atoms with E-state index >= 15 is 0 Å². The summed E-state index contributed by atoms with van der Waals surface area (Å²) in [4.78, 5) is 26.0. The van der Waals surface area contributed by atoms with Gasteiger partial charge in [0.15, 0.2) is 5.65 Å². The summed E-state index contributed by atoms with van der Waals surface area (Å²) in [5, 5.41) is 10.6. The van der Waals surface area contributed by atoms with Crippen LogP contribution in [-0.4, -0.2) is 35.1 Å². The Morgan fingerprint density at radius 3 is 2.81 bits per heavy atom. The maximum Gasteiger partial charge on any atom is 0.326 e. The first kappa shape index (κ1) is 20.9. The van der Waals surface area contributed by atoms with Crippen molar-refractivity contribution in [2.75, 3.05) is 16.4 Å². The Balaban J connectivity index is 1.20. The Bertz CT molecular complexity index is 1640. The number of anilines is 3. The van der Waals surface area contributed by atoms with Crippen molar-refractivity contribution < 1.29 is 9.32 Å². The second-order valence-electron chi connectivity index (χ2n) is 9.96. The number of nitrogens with zero attached hydrogens (tertiary/aromatic N) is 6. The number of nitrogens with one attached hydrogen (secondary N) is 2. The fourth-order valence-electron chi connectivity index (χ4n) is 5.11. The SMILES string of the molecule is CC1(c2cc(NC(=O)Nc3ccc(-c4cn(C5CC5)c5ncnc(N)c45)n4ccnc34)on2)CCC1. The highest BCUT2D eigenvalue weighted by Crippen LogP contribution is 2.43. The lowest BCUT2D eigenvalue weighted by Gasteiger charge is -2.35. The molecule has 5 aromatic rings. The molecule has 5 aromatic heterocycles. The second-order valence-corrected chi connectivity index (χ2v) is 9.96. The molecule has 7 rings (SSSR count). The van der Waals surface area contributed by atoms with Crippen LogP contribution < -0.4 is 16.4 Å². The highest BCUT2D eigenvalue weighted by atomic mass is 16.5. The van der Waals surface area contributed by atoms with Crippen molar-refractivity contribution in [3.05, 3.63) is 48.8 Å². The maximum absolute atomic E-state index is 12.8. The van der Waals surface area contributed by atoms with Crippen molar-refractivity contribution >= 4 is 40.1 Å². The van der Waals surface area contributed by atoms with E-state index in [0.717, 1.165) is 53.7 Å². The van der Waals surface area contributed by atoms with Gasteiger partial charge in [0.1, 0.15) is 17.8 Å². The van der Waals surface area contributed by atoms with E-state index in [0.29, 0.717) is 29.1 Å². The molecule has 2 aliphatic carbocycles. The predicted molar refractivity (Wildman–Crippen MR) is 135 cm³/mol. The minimum Gasteiger partial charge on any atom is -0.383 e. The molecule has 36 heavy (non-hydrogen) atoms. The number of rotatable bonds is 5. The van der Waals surface area contributed by atoms with Crippen LogP contribution in [0.1, 0.15) is 50.8 Å². The van der Waals surface area contributed by atoms with Crippen LogP contribution >= 0.6 is 0 Å². The van der Waals surface area contributed by atoms with Crippen molar-refractivity contribution in [2.24, 2.45) is 0 Å². The first-order valence-corrected chi connectivity index (χ1v) is 12.1. The number of carbonyl (C=O) groups excluding carboxylic acids is 1. The molecule has 0 saturated heterocycles. The van der Waals surface area contributed by atoms with Gasteiger partial charge in [-0.2, -0.15) is 0 Å². The van der Waals surface area contributed by atoms with Gasteiger partial charge in [0.25, 0.3) is 0 Å². The van der Waals surface area contributed by atoms with E-state index < -0.39 is 6.03 Å². The number of nitrogen functional groups attached to an aromatic ring is 1. The molecule has 4 N–H and O–H groups in total. The number of imidazole rings is 1. The molecule has 0 atom stereocenters. The Morgan fingerprint density at radius 2 is 2.03 bits per heavy atom. The van der Waals surface area contributed by atoms with E-state index in [1.807, 2.05) is 22.7 Å². The summed E-state index contributed by atoms with van der Waals surface area (Å²) in [6, 6.07) is 5.57. The van der Waals surface area contributed by atoms with Gasteiger partial charge in [-0.3, -0.25) is 9.72 Å². The summed E-state index contributed by atoms with van der Waals surface area (Å²) in [7, 11) is 0. The number of hydrogen-bond acceptors (Lipinski definition) is 7. The largest absolute Gasteiger partial charge is 0.383 e. The van der Waals surface area contributed by atoms with E-state index in [4.69, 9.17) is 10.3 Å². The van der Waals surface area contributed by atoms with Crippen molar-refractivity contribution in [3.8, 4) is 11.3 Å². The Hall–Kier alpha value is -4.41. The predicted octanol–water partition coefficient (Wildman–Crippen LogP) is 4.74. The monoisotopic (exact) mass is 483 g/mol. The molecular formula is C25H25N9O2. The molecule has 11 nitrogen and oxygen atoms in total. The lowest BCUT2D eigenvalue weighted by Crippen LogP contribution is -2.30. The Morgan fingerprint density at radius 1 is 1.17 bits per heavy atom. The molecular weight excluding hydrogens is 458 g/mol. The number of carbonyl (C=O) groups is 1. The minimum absolute atomic E-state index is 0.0365. The molecule has 2 saturated carbocycles. The van der Waals surface area contributed by atoms with E-state index in [-0.39, 0.29) is 5.41 Å². The van der Waals surface area contributed by atoms with Gasteiger partial charge in [-0.25, -0.2) is 19.7 Å². The average molecular weight is 484 g/mol. The van der Waals surface area contributed by atoms with Gasteiger partial charge in [-0.05, 0) is 37.8 Å². The fourth-order valence-corrected chi connectivity index (χ4v) is 5.11. The van der Waals surface area contributed by atoms with Crippen LogP contribution in [0.5, 0.6) is 0 Å². The van der Waals surface area contributed by atoms with Crippen LogP contribution in [0.25, 0.3) is 27.9 Å². The molecule has 2 amide bonds. The molecule has 0 aromatic carbocycles. The van der Waals surface area contributed by atoms with Crippen molar-refractivity contribution in [2.45, 2.75) is 50.5 Å². The number of nitrogens with two attached hydrogens (primary N) is 1. The zero-order chi connectivity index (χ0) is 24.4. The van der Waals surface area contributed by atoms with Crippen LogP contribution in [0.2, 0.25) is 0 Å². The summed E-state index contributed by atoms with van der Waals surface area (Å²) in [5.74, 6) is 0.751. The lowest BCUT2D eigenvalue weighted by molar-refractivity contribution is 0.251. The first-order valence-electron chi connectivity index (χ1n) is 12.1. The van der Waals surface area contributed by atoms with Crippen LogP contribution in [0, 0.1) is 0 Å². The zero-order valence-electron chi connectivity index (χ0n) is 19.7. The molecule has 0 spiro atoms. The van der Waals surface area contributed by atoms with Crippen molar-refractivity contribution in [3.63, 3.8) is 0 Å². The molecule has 182 valence electrons. The zero-order valence-corrected chi connectivity index (χ0v) is 19.7. The number of fused-ring (bicyclic) bond motifs is 2. The molecule has 0 bridgehead atoms. The standard InChI is InChI=1S/C25H25N9O2/c1-25(7-2-8-25)18-11-19(36-32-18)31-24(35)30-16-5-6-17(33-10-9-27-22(16)33)15-12-34(14-3-4-14)23-20(15)21(26)28-13-29-23/h5-6,9-14H,2-4,7-8H2,1H3,(H2,26,28,29)(H2,30,31,35). The second kappa shape index (κ2) is 7.54. The molecule has 0 unspecified atom stereocenters. The number of urea groups is 1. The van der Waals surface area contributed by atoms with Gasteiger partial charge in [0.05, 0.1) is 22.5 Å². The first-order chi connectivity index (χ1) is 17.5. The summed E-state index contributed by atoms with van der Waals surface area (Å²) >= 11 is 0. The van der Waals surface area contributed by atoms with Gasteiger partial charge in [0.2, 0.25) is 5.88 Å². The fraction of sp³-hybridized carbons (Fsp3) is 0.320. The van der Waals surface area contributed by atoms with Gasteiger partial charge in [-0.15, -0.1) is 0 Å². The smallest absolute Gasteiger partial charge is 0.326 e. The lowest BCUT2D eigenvalue weighted by atomic mass is 9.68. The minimum atomic E-state index is -0.433. The van der Waals surface area contributed by atoms with Gasteiger partial charge in [0, 0.05) is 41.7 Å². The van der Waals surface area contributed by atoms with E-state index in [2.05, 4.69) is 48.4 Å². The normalized spacial score (nSPS) is 16.8.